The van der Waals surface area contributed by atoms with Crippen molar-refractivity contribution in [3.63, 3.8) is 0 Å². The van der Waals surface area contributed by atoms with Crippen molar-refractivity contribution in [1.82, 2.24) is 24.5 Å². The molecule has 8 heteroatoms. The van der Waals surface area contributed by atoms with Crippen LogP contribution in [-0.2, 0) is 13.1 Å². The van der Waals surface area contributed by atoms with Crippen LogP contribution in [0.2, 0.25) is 10.0 Å². The first-order chi connectivity index (χ1) is 9.65. The number of aromatic amines is 1. The number of aromatic nitrogens is 5. The first kappa shape index (κ1) is 13.6. The molecular weight excluding hydrogens is 317 g/mol. The van der Waals surface area contributed by atoms with Crippen LogP contribution in [0, 0.1) is 4.77 Å². The number of rotatable bonds is 4. The highest BCUT2D eigenvalue weighted by molar-refractivity contribution is 7.71. The van der Waals surface area contributed by atoms with Gasteiger partial charge in [0.2, 0.25) is 0 Å². The zero-order valence-corrected chi connectivity index (χ0v) is 12.7. The van der Waals surface area contributed by atoms with E-state index in [0.29, 0.717) is 14.8 Å². The second kappa shape index (κ2) is 5.55. The second-order valence-electron chi connectivity index (χ2n) is 4.38. The van der Waals surface area contributed by atoms with Gasteiger partial charge in [-0.15, -0.1) is 5.10 Å². The fourth-order valence-corrected chi connectivity index (χ4v) is 2.74. The van der Waals surface area contributed by atoms with Crippen LogP contribution in [0.1, 0.15) is 6.42 Å². The van der Waals surface area contributed by atoms with Crippen molar-refractivity contribution in [2.45, 2.75) is 19.5 Å². The standard InChI is InChI=1S/C12H11Cl2N5S/c13-8-6-10-11(7-9(8)14)19(12(20)16-10)4-1-3-18-5-2-15-17-18/h2,5-7H,1,3-4H2,(H,16,20). The third-order valence-electron chi connectivity index (χ3n) is 3.06. The molecule has 0 amide bonds. The van der Waals surface area contributed by atoms with Gasteiger partial charge in [-0.3, -0.25) is 4.68 Å². The molecule has 1 aromatic carbocycles. The van der Waals surface area contributed by atoms with Crippen LogP contribution in [0.5, 0.6) is 0 Å². The molecule has 0 atom stereocenters. The predicted molar refractivity (Wildman–Crippen MR) is 81.8 cm³/mol. The molecule has 0 saturated heterocycles. The molecule has 20 heavy (non-hydrogen) atoms. The molecule has 0 aliphatic heterocycles. The Hall–Kier alpha value is -1.37. The number of fused-ring (bicyclic) bond motifs is 1. The van der Waals surface area contributed by atoms with E-state index in [1.54, 1.807) is 16.9 Å². The summed E-state index contributed by atoms with van der Waals surface area (Å²) in [5, 5.41) is 8.75. The summed E-state index contributed by atoms with van der Waals surface area (Å²) < 4.78 is 4.48. The van der Waals surface area contributed by atoms with Crippen molar-refractivity contribution in [3.05, 3.63) is 39.3 Å². The Balaban J connectivity index is 1.85. The van der Waals surface area contributed by atoms with E-state index >= 15 is 0 Å². The maximum absolute atomic E-state index is 6.07. The molecule has 3 rings (SSSR count). The lowest BCUT2D eigenvalue weighted by Crippen LogP contribution is -2.04. The second-order valence-corrected chi connectivity index (χ2v) is 5.59. The minimum Gasteiger partial charge on any atom is -0.331 e. The summed E-state index contributed by atoms with van der Waals surface area (Å²) in [5.74, 6) is 0. The molecule has 2 aromatic heterocycles. The number of nitrogens with one attached hydrogen (secondary N) is 1. The fourth-order valence-electron chi connectivity index (χ4n) is 2.12. The van der Waals surface area contributed by atoms with Crippen LogP contribution in [0.3, 0.4) is 0 Å². The van der Waals surface area contributed by atoms with E-state index < -0.39 is 0 Å². The van der Waals surface area contributed by atoms with E-state index in [1.807, 2.05) is 16.8 Å². The average Bonchev–Trinajstić information content (AvgIpc) is 3.01. The van der Waals surface area contributed by atoms with Gasteiger partial charge in [0.1, 0.15) is 0 Å². The lowest BCUT2D eigenvalue weighted by atomic mass is 10.3. The molecule has 0 saturated carbocycles. The lowest BCUT2D eigenvalue weighted by Gasteiger charge is -2.05. The van der Waals surface area contributed by atoms with Gasteiger partial charge in [0, 0.05) is 19.3 Å². The molecule has 0 radical (unpaired) electrons. The van der Waals surface area contributed by atoms with Gasteiger partial charge in [-0.25, -0.2) is 0 Å². The van der Waals surface area contributed by atoms with Gasteiger partial charge in [-0.05, 0) is 30.8 Å². The molecule has 5 nitrogen and oxygen atoms in total. The van der Waals surface area contributed by atoms with Gasteiger partial charge in [0.25, 0.3) is 0 Å². The summed E-state index contributed by atoms with van der Waals surface area (Å²) in [4.78, 5) is 3.14. The molecule has 0 aliphatic rings. The number of hydrogen-bond acceptors (Lipinski definition) is 3. The van der Waals surface area contributed by atoms with Crippen LogP contribution in [0.4, 0.5) is 0 Å². The van der Waals surface area contributed by atoms with Gasteiger partial charge >= 0.3 is 0 Å². The minimum atomic E-state index is 0.519. The number of aryl methyl sites for hydroxylation is 2. The van der Waals surface area contributed by atoms with Crippen molar-refractivity contribution >= 4 is 46.5 Å². The quantitative estimate of drug-likeness (QED) is 0.743. The monoisotopic (exact) mass is 327 g/mol. The molecule has 104 valence electrons. The molecule has 0 fully saturated rings. The van der Waals surface area contributed by atoms with Crippen LogP contribution >= 0.6 is 35.4 Å². The highest BCUT2D eigenvalue weighted by Gasteiger charge is 2.08. The number of nitrogens with zero attached hydrogens (tertiary/aromatic N) is 4. The van der Waals surface area contributed by atoms with E-state index in [2.05, 4.69) is 15.3 Å². The molecule has 0 spiro atoms. The minimum absolute atomic E-state index is 0.519. The molecule has 3 aromatic rings. The average molecular weight is 328 g/mol. The van der Waals surface area contributed by atoms with Crippen LogP contribution in [0.25, 0.3) is 11.0 Å². The van der Waals surface area contributed by atoms with Crippen LogP contribution < -0.4 is 0 Å². The summed E-state index contributed by atoms with van der Waals surface area (Å²) in [6.07, 6.45) is 4.40. The Morgan fingerprint density at radius 2 is 2.00 bits per heavy atom. The Bertz CT molecular complexity index is 790. The van der Waals surface area contributed by atoms with E-state index in [-0.39, 0.29) is 0 Å². The zero-order valence-electron chi connectivity index (χ0n) is 10.4. The van der Waals surface area contributed by atoms with Crippen molar-refractivity contribution < 1.29 is 0 Å². The first-order valence-electron chi connectivity index (χ1n) is 6.07. The van der Waals surface area contributed by atoms with Gasteiger partial charge < -0.3 is 9.55 Å². The fraction of sp³-hybridized carbons (Fsp3) is 0.250. The van der Waals surface area contributed by atoms with Crippen molar-refractivity contribution in [2.75, 3.05) is 0 Å². The van der Waals surface area contributed by atoms with Crippen molar-refractivity contribution in [1.29, 1.82) is 0 Å². The summed E-state index contributed by atoms with van der Waals surface area (Å²) in [6.45, 7) is 1.56. The number of benzene rings is 1. The zero-order chi connectivity index (χ0) is 14.1. The van der Waals surface area contributed by atoms with Crippen molar-refractivity contribution in [3.8, 4) is 0 Å². The Labute approximate surface area is 130 Å². The molecule has 0 unspecified atom stereocenters. The Morgan fingerprint density at radius 1 is 1.20 bits per heavy atom. The highest BCUT2D eigenvalue weighted by Crippen LogP contribution is 2.27. The van der Waals surface area contributed by atoms with E-state index in [0.717, 1.165) is 30.5 Å². The Morgan fingerprint density at radius 3 is 2.75 bits per heavy atom. The summed E-state index contributed by atoms with van der Waals surface area (Å²) in [6, 6.07) is 3.63. The van der Waals surface area contributed by atoms with E-state index in [4.69, 9.17) is 35.4 Å². The van der Waals surface area contributed by atoms with E-state index in [9.17, 15) is 0 Å². The molecule has 0 bridgehead atoms. The normalized spacial score (nSPS) is 11.3. The van der Waals surface area contributed by atoms with Crippen LogP contribution in [0.15, 0.2) is 24.5 Å². The number of hydrogen-bond donors (Lipinski definition) is 1. The topological polar surface area (TPSA) is 51.4 Å². The summed E-state index contributed by atoms with van der Waals surface area (Å²) in [5.41, 5.74) is 1.85. The number of imidazole rings is 1. The van der Waals surface area contributed by atoms with Gasteiger partial charge in [-0.1, -0.05) is 28.4 Å². The Kier molecular flexibility index (Phi) is 3.78. The van der Waals surface area contributed by atoms with E-state index in [1.165, 1.54) is 0 Å². The summed E-state index contributed by atoms with van der Waals surface area (Å²) >= 11 is 17.4. The maximum Gasteiger partial charge on any atom is 0.178 e. The third-order valence-corrected chi connectivity index (χ3v) is 4.10. The summed E-state index contributed by atoms with van der Waals surface area (Å²) in [7, 11) is 0. The maximum atomic E-state index is 6.07. The number of H-pyrrole nitrogens is 1. The van der Waals surface area contributed by atoms with Gasteiger partial charge in [-0.2, -0.15) is 0 Å². The smallest absolute Gasteiger partial charge is 0.178 e. The molecular formula is C12H11Cl2N5S. The van der Waals surface area contributed by atoms with Crippen LogP contribution in [-0.4, -0.2) is 24.5 Å². The van der Waals surface area contributed by atoms with Gasteiger partial charge in [0.05, 0.1) is 27.3 Å². The molecule has 2 heterocycles. The molecule has 0 aliphatic carbocycles. The largest absolute Gasteiger partial charge is 0.331 e. The van der Waals surface area contributed by atoms with Crippen molar-refractivity contribution in [2.24, 2.45) is 0 Å². The lowest BCUT2D eigenvalue weighted by molar-refractivity contribution is 0.517. The number of halogens is 2. The highest BCUT2D eigenvalue weighted by atomic mass is 35.5. The molecule has 1 N–H and O–H groups in total. The SMILES string of the molecule is S=c1[nH]c2cc(Cl)c(Cl)cc2n1CCCn1ccnn1. The first-order valence-corrected chi connectivity index (χ1v) is 7.23. The third kappa shape index (κ3) is 2.59. The predicted octanol–water partition coefficient (Wildman–Crippen LogP) is 3.69. The van der Waals surface area contributed by atoms with Gasteiger partial charge in [0.15, 0.2) is 4.77 Å².